The summed E-state index contributed by atoms with van der Waals surface area (Å²) in [6, 6.07) is 15.7. The second kappa shape index (κ2) is 8.76. The summed E-state index contributed by atoms with van der Waals surface area (Å²) >= 11 is 0. The minimum atomic E-state index is -0.0677. The number of rotatable bonds is 5. The molecule has 0 aromatic heterocycles. The fraction of sp³-hybridized carbons (Fsp3) is 0.435. The molecule has 2 aliphatic heterocycles. The van der Waals surface area contributed by atoms with Crippen molar-refractivity contribution in [3.8, 4) is 5.75 Å². The lowest BCUT2D eigenvalue weighted by Gasteiger charge is -2.29. The van der Waals surface area contributed by atoms with Gasteiger partial charge in [-0.15, -0.1) is 0 Å². The molecule has 2 saturated heterocycles. The van der Waals surface area contributed by atoms with Gasteiger partial charge in [0.2, 0.25) is 0 Å². The highest BCUT2D eigenvalue weighted by Gasteiger charge is 2.23. The van der Waals surface area contributed by atoms with E-state index in [1.165, 1.54) is 0 Å². The Hall–Kier alpha value is -2.37. The third-order valence-corrected chi connectivity index (χ3v) is 5.80. The lowest BCUT2D eigenvalue weighted by Crippen LogP contribution is -2.35. The van der Waals surface area contributed by atoms with Crippen LogP contribution in [0.4, 0.5) is 5.69 Å². The third kappa shape index (κ3) is 4.37. The van der Waals surface area contributed by atoms with Gasteiger partial charge in [0, 0.05) is 25.2 Å². The van der Waals surface area contributed by atoms with Gasteiger partial charge in [-0.25, -0.2) is 0 Å². The zero-order valence-corrected chi connectivity index (χ0v) is 16.5. The van der Waals surface area contributed by atoms with Crippen LogP contribution < -0.4 is 15.4 Å². The lowest BCUT2D eigenvalue weighted by molar-refractivity contribution is 0.102. The highest BCUT2D eigenvalue weighted by Crippen LogP contribution is 2.30. The van der Waals surface area contributed by atoms with Gasteiger partial charge in [-0.1, -0.05) is 30.3 Å². The predicted molar refractivity (Wildman–Crippen MR) is 112 cm³/mol. The van der Waals surface area contributed by atoms with E-state index in [0.29, 0.717) is 5.92 Å². The SMILES string of the molecule is CN1CCC(Oc2ccccc2NC(=O)c2ccccc2C2CCNC2)CC1. The Morgan fingerprint density at radius 2 is 1.82 bits per heavy atom. The maximum Gasteiger partial charge on any atom is 0.256 e. The summed E-state index contributed by atoms with van der Waals surface area (Å²) in [6.07, 6.45) is 3.29. The fourth-order valence-electron chi connectivity index (χ4n) is 4.12. The predicted octanol–water partition coefficient (Wildman–Crippen LogP) is 3.49. The largest absolute Gasteiger partial charge is 0.488 e. The lowest BCUT2D eigenvalue weighted by atomic mass is 9.93. The van der Waals surface area contributed by atoms with E-state index in [0.717, 1.165) is 68.0 Å². The van der Waals surface area contributed by atoms with E-state index in [1.54, 1.807) is 0 Å². The molecule has 5 nitrogen and oxygen atoms in total. The molecule has 0 radical (unpaired) electrons. The van der Waals surface area contributed by atoms with Gasteiger partial charge in [-0.05, 0) is 62.5 Å². The average Bonchev–Trinajstić information content (AvgIpc) is 3.26. The highest BCUT2D eigenvalue weighted by molar-refractivity contribution is 6.06. The molecule has 1 unspecified atom stereocenters. The number of nitrogens with one attached hydrogen (secondary N) is 2. The number of anilines is 1. The van der Waals surface area contributed by atoms with E-state index < -0.39 is 0 Å². The van der Waals surface area contributed by atoms with Crippen LogP contribution in [0.2, 0.25) is 0 Å². The number of carbonyl (C=O) groups is 1. The van der Waals surface area contributed by atoms with Crippen molar-refractivity contribution in [1.29, 1.82) is 0 Å². The molecular formula is C23H29N3O2. The van der Waals surface area contributed by atoms with Crippen molar-refractivity contribution in [3.63, 3.8) is 0 Å². The number of benzene rings is 2. The molecule has 148 valence electrons. The molecule has 2 aliphatic rings. The summed E-state index contributed by atoms with van der Waals surface area (Å²) in [5.41, 5.74) is 2.62. The number of hydrogen-bond donors (Lipinski definition) is 2. The van der Waals surface area contributed by atoms with Gasteiger partial charge in [-0.2, -0.15) is 0 Å². The Labute approximate surface area is 167 Å². The van der Waals surface area contributed by atoms with E-state index >= 15 is 0 Å². The summed E-state index contributed by atoms with van der Waals surface area (Å²) in [6.45, 7) is 4.03. The molecule has 2 heterocycles. The van der Waals surface area contributed by atoms with Crippen molar-refractivity contribution in [2.24, 2.45) is 0 Å². The number of likely N-dealkylation sites (tertiary alicyclic amines) is 1. The van der Waals surface area contributed by atoms with E-state index in [-0.39, 0.29) is 12.0 Å². The van der Waals surface area contributed by atoms with Gasteiger partial charge in [0.25, 0.3) is 5.91 Å². The first-order valence-electron chi connectivity index (χ1n) is 10.3. The van der Waals surface area contributed by atoms with E-state index in [2.05, 4.69) is 28.6 Å². The Morgan fingerprint density at radius 1 is 1.07 bits per heavy atom. The first-order chi connectivity index (χ1) is 13.7. The Balaban J connectivity index is 1.50. The number of ether oxygens (including phenoxy) is 1. The summed E-state index contributed by atoms with van der Waals surface area (Å²) in [4.78, 5) is 15.4. The minimum Gasteiger partial charge on any atom is -0.488 e. The van der Waals surface area contributed by atoms with E-state index in [4.69, 9.17) is 4.74 Å². The molecular weight excluding hydrogens is 350 g/mol. The second-order valence-electron chi connectivity index (χ2n) is 7.85. The van der Waals surface area contributed by atoms with Crippen molar-refractivity contribution in [2.45, 2.75) is 31.3 Å². The van der Waals surface area contributed by atoms with Crippen LogP contribution in [0.1, 0.15) is 41.1 Å². The first-order valence-corrected chi connectivity index (χ1v) is 10.3. The smallest absolute Gasteiger partial charge is 0.256 e. The molecule has 0 spiro atoms. The number of nitrogens with zero attached hydrogens (tertiary/aromatic N) is 1. The molecule has 0 saturated carbocycles. The van der Waals surface area contributed by atoms with Gasteiger partial charge in [-0.3, -0.25) is 4.79 Å². The van der Waals surface area contributed by atoms with Gasteiger partial charge < -0.3 is 20.3 Å². The molecule has 28 heavy (non-hydrogen) atoms. The molecule has 1 atom stereocenters. The average molecular weight is 380 g/mol. The molecule has 2 aromatic carbocycles. The molecule has 0 bridgehead atoms. The minimum absolute atomic E-state index is 0.0677. The van der Waals surface area contributed by atoms with Crippen LogP contribution in [-0.4, -0.2) is 50.1 Å². The maximum absolute atomic E-state index is 13.1. The van der Waals surface area contributed by atoms with Crippen molar-refractivity contribution in [1.82, 2.24) is 10.2 Å². The number of hydrogen-bond acceptors (Lipinski definition) is 4. The molecule has 2 N–H and O–H groups in total. The Kier molecular flexibility index (Phi) is 5.93. The molecule has 4 rings (SSSR count). The highest BCUT2D eigenvalue weighted by atomic mass is 16.5. The molecule has 1 amide bonds. The van der Waals surface area contributed by atoms with Crippen molar-refractivity contribution in [3.05, 3.63) is 59.7 Å². The summed E-state index contributed by atoms with van der Waals surface area (Å²) in [5.74, 6) is 1.08. The van der Waals surface area contributed by atoms with Crippen LogP contribution in [-0.2, 0) is 0 Å². The summed E-state index contributed by atoms with van der Waals surface area (Å²) in [5, 5.41) is 6.48. The van der Waals surface area contributed by atoms with Gasteiger partial charge >= 0.3 is 0 Å². The standard InChI is InChI=1S/C23H29N3O2/c1-26-14-11-18(12-15-26)28-22-9-5-4-8-21(22)25-23(27)20-7-3-2-6-19(20)17-10-13-24-16-17/h2-9,17-18,24H,10-16H2,1H3,(H,25,27). The van der Waals surface area contributed by atoms with Gasteiger partial charge in [0.05, 0.1) is 5.69 Å². The van der Waals surface area contributed by atoms with Crippen molar-refractivity contribution < 1.29 is 9.53 Å². The van der Waals surface area contributed by atoms with Crippen LogP contribution >= 0.6 is 0 Å². The quantitative estimate of drug-likeness (QED) is 0.835. The normalized spacial score (nSPS) is 20.8. The number of carbonyl (C=O) groups excluding carboxylic acids is 1. The molecule has 0 aliphatic carbocycles. The molecule has 2 aromatic rings. The van der Waals surface area contributed by atoms with Crippen LogP contribution in [0.3, 0.4) is 0 Å². The number of piperidine rings is 1. The van der Waals surface area contributed by atoms with Gasteiger partial charge in [0.15, 0.2) is 0 Å². The van der Waals surface area contributed by atoms with Crippen LogP contribution in [0.15, 0.2) is 48.5 Å². The molecule has 5 heteroatoms. The monoisotopic (exact) mass is 379 g/mol. The fourth-order valence-corrected chi connectivity index (χ4v) is 4.12. The van der Waals surface area contributed by atoms with Crippen LogP contribution in [0.5, 0.6) is 5.75 Å². The van der Waals surface area contributed by atoms with E-state index in [9.17, 15) is 4.79 Å². The van der Waals surface area contributed by atoms with Crippen molar-refractivity contribution >= 4 is 11.6 Å². The third-order valence-electron chi connectivity index (χ3n) is 5.80. The number of para-hydroxylation sites is 2. The Morgan fingerprint density at radius 3 is 2.61 bits per heavy atom. The van der Waals surface area contributed by atoms with Gasteiger partial charge in [0.1, 0.15) is 11.9 Å². The van der Waals surface area contributed by atoms with Crippen molar-refractivity contribution in [2.75, 3.05) is 38.5 Å². The summed E-state index contributed by atoms with van der Waals surface area (Å²) in [7, 11) is 2.14. The van der Waals surface area contributed by atoms with Crippen LogP contribution in [0, 0.1) is 0 Å². The Bertz CT molecular complexity index is 809. The number of amides is 1. The zero-order valence-electron chi connectivity index (χ0n) is 16.5. The second-order valence-corrected chi connectivity index (χ2v) is 7.85. The van der Waals surface area contributed by atoms with E-state index in [1.807, 2.05) is 42.5 Å². The molecule has 2 fully saturated rings. The zero-order chi connectivity index (χ0) is 19.3. The topological polar surface area (TPSA) is 53.6 Å². The van der Waals surface area contributed by atoms with Crippen LogP contribution in [0.25, 0.3) is 0 Å². The maximum atomic E-state index is 13.1. The summed E-state index contributed by atoms with van der Waals surface area (Å²) < 4.78 is 6.25. The first kappa shape index (κ1) is 19.0.